The van der Waals surface area contributed by atoms with Crippen molar-refractivity contribution in [3.8, 4) is 0 Å². The third kappa shape index (κ3) is 4.21. The lowest BCUT2D eigenvalue weighted by molar-refractivity contribution is 0.0705. The largest absolute Gasteiger partial charge is 0.309 e. The zero-order valence-corrected chi connectivity index (χ0v) is 13.9. The summed E-state index contributed by atoms with van der Waals surface area (Å²) in [5.74, 6) is 0.684. The fraction of sp³-hybridized carbons (Fsp3) is 0.647. The Bertz CT molecular complexity index is 425. The molecule has 0 spiro atoms. The first-order chi connectivity index (χ1) is 9.37. The van der Waals surface area contributed by atoms with Gasteiger partial charge < -0.3 is 5.32 Å². The van der Waals surface area contributed by atoms with Crippen LogP contribution in [0, 0.1) is 5.92 Å². The number of hydrogen-bond donors (Lipinski definition) is 1. The lowest BCUT2D eigenvalue weighted by Gasteiger charge is -2.46. The molecule has 1 aliphatic heterocycles. The Kier molecular flexibility index (Phi) is 5.11. The van der Waals surface area contributed by atoms with Crippen molar-refractivity contribution >= 4 is 11.6 Å². The summed E-state index contributed by atoms with van der Waals surface area (Å²) in [4.78, 5) is 2.65. The van der Waals surface area contributed by atoms with Gasteiger partial charge in [0.25, 0.3) is 0 Å². The SMILES string of the molecule is CC(C)C1CNC(C)(C)CN1CCc1ccc(Cl)cc1. The van der Waals surface area contributed by atoms with E-state index in [4.69, 9.17) is 11.6 Å². The van der Waals surface area contributed by atoms with E-state index in [9.17, 15) is 0 Å². The van der Waals surface area contributed by atoms with E-state index < -0.39 is 0 Å². The van der Waals surface area contributed by atoms with E-state index >= 15 is 0 Å². The fourth-order valence-corrected chi connectivity index (χ4v) is 3.14. The van der Waals surface area contributed by atoms with E-state index in [0.717, 1.165) is 31.1 Å². The lowest BCUT2D eigenvalue weighted by atomic mass is 9.92. The quantitative estimate of drug-likeness (QED) is 0.913. The molecule has 3 heteroatoms. The van der Waals surface area contributed by atoms with Gasteiger partial charge in [0.1, 0.15) is 0 Å². The maximum atomic E-state index is 5.94. The van der Waals surface area contributed by atoms with Crippen LogP contribution < -0.4 is 5.32 Å². The van der Waals surface area contributed by atoms with E-state index in [2.05, 4.69) is 50.0 Å². The molecule has 0 bridgehead atoms. The summed E-state index contributed by atoms with van der Waals surface area (Å²) < 4.78 is 0. The second-order valence-corrected chi connectivity index (χ2v) is 7.36. The van der Waals surface area contributed by atoms with E-state index in [0.29, 0.717) is 12.0 Å². The highest BCUT2D eigenvalue weighted by Gasteiger charge is 2.33. The molecule has 20 heavy (non-hydrogen) atoms. The van der Waals surface area contributed by atoms with Crippen molar-refractivity contribution < 1.29 is 0 Å². The molecule has 112 valence electrons. The molecule has 1 fully saturated rings. The molecule has 2 nitrogen and oxygen atoms in total. The number of benzene rings is 1. The van der Waals surface area contributed by atoms with Crippen LogP contribution in [-0.2, 0) is 6.42 Å². The van der Waals surface area contributed by atoms with Gasteiger partial charge in [-0.3, -0.25) is 4.90 Å². The molecular weight excluding hydrogens is 268 g/mol. The van der Waals surface area contributed by atoms with Gasteiger partial charge in [-0.15, -0.1) is 0 Å². The Morgan fingerprint density at radius 1 is 1.30 bits per heavy atom. The maximum Gasteiger partial charge on any atom is 0.0406 e. The average molecular weight is 295 g/mol. The summed E-state index contributed by atoms with van der Waals surface area (Å²) in [5.41, 5.74) is 1.58. The predicted molar refractivity (Wildman–Crippen MR) is 87.4 cm³/mol. The molecule has 2 rings (SSSR count). The van der Waals surface area contributed by atoms with Crippen LogP contribution in [0.25, 0.3) is 0 Å². The third-order valence-electron chi connectivity index (χ3n) is 4.23. The highest BCUT2D eigenvalue weighted by Crippen LogP contribution is 2.21. The summed E-state index contributed by atoms with van der Waals surface area (Å²) in [6.07, 6.45) is 1.09. The molecule has 1 saturated heterocycles. The molecule has 1 unspecified atom stereocenters. The first-order valence-corrected chi connectivity index (χ1v) is 7.99. The minimum Gasteiger partial charge on any atom is -0.309 e. The Labute approximate surface area is 128 Å². The molecule has 0 aromatic heterocycles. The topological polar surface area (TPSA) is 15.3 Å². The standard InChI is InChI=1S/C17H27ClN2/c1-13(2)16-11-19-17(3,4)12-20(16)10-9-14-5-7-15(18)8-6-14/h5-8,13,16,19H,9-12H2,1-4H3. The van der Waals surface area contributed by atoms with Crippen LogP contribution in [0.2, 0.25) is 5.02 Å². The lowest BCUT2D eigenvalue weighted by Crippen LogP contribution is -2.63. The van der Waals surface area contributed by atoms with Gasteiger partial charge in [0.2, 0.25) is 0 Å². The Hall–Kier alpha value is -0.570. The van der Waals surface area contributed by atoms with Gasteiger partial charge in [0, 0.05) is 36.2 Å². The Morgan fingerprint density at radius 3 is 2.55 bits per heavy atom. The molecule has 1 N–H and O–H groups in total. The van der Waals surface area contributed by atoms with Crippen molar-refractivity contribution in [3.63, 3.8) is 0 Å². The van der Waals surface area contributed by atoms with Crippen LogP contribution in [0.5, 0.6) is 0 Å². The number of halogens is 1. The third-order valence-corrected chi connectivity index (χ3v) is 4.48. The maximum absolute atomic E-state index is 5.94. The van der Waals surface area contributed by atoms with Crippen LogP contribution in [0.15, 0.2) is 24.3 Å². The molecule has 0 aliphatic carbocycles. The molecule has 1 aliphatic rings. The first kappa shape index (κ1) is 15.8. The molecular formula is C17H27ClN2. The van der Waals surface area contributed by atoms with Gasteiger partial charge in [-0.25, -0.2) is 0 Å². The highest BCUT2D eigenvalue weighted by molar-refractivity contribution is 6.30. The van der Waals surface area contributed by atoms with Crippen molar-refractivity contribution in [2.24, 2.45) is 5.92 Å². The fourth-order valence-electron chi connectivity index (χ4n) is 3.02. The number of nitrogens with one attached hydrogen (secondary N) is 1. The van der Waals surface area contributed by atoms with Crippen molar-refractivity contribution in [1.82, 2.24) is 10.2 Å². The first-order valence-electron chi connectivity index (χ1n) is 7.61. The Balaban J connectivity index is 1.98. The molecule has 1 aromatic carbocycles. The molecule has 1 heterocycles. The average Bonchev–Trinajstić information content (AvgIpc) is 2.36. The summed E-state index contributed by atoms with van der Waals surface area (Å²) in [5, 5.41) is 4.48. The summed E-state index contributed by atoms with van der Waals surface area (Å²) in [6, 6.07) is 8.88. The second-order valence-electron chi connectivity index (χ2n) is 6.92. The van der Waals surface area contributed by atoms with Crippen molar-refractivity contribution in [3.05, 3.63) is 34.9 Å². The van der Waals surface area contributed by atoms with Gasteiger partial charge in [0.15, 0.2) is 0 Å². The number of piperazine rings is 1. The number of hydrogen-bond acceptors (Lipinski definition) is 2. The predicted octanol–water partition coefficient (Wildman–Crippen LogP) is 3.59. The molecule has 0 amide bonds. The van der Waals surface area contributed by atoms with E-state index in [1.54, 1.807) is 0 Å². The molecule has 0 saturated carbocycles. The van der Waals surface area contributed by atoms with E-state index in [1.165, 1.54) is 5.56 Å². The van der Waals surface area contributed by atoms with Gasteiger partial charge in [-0.2, -0.15) is 0 Å². The van der Waals surface area contributed by atoms with Crippen molar-refractivity contribution in [2.45, 2.75) is 45.7 Å². The van der Waals surface area contributed by atoms with E-state index in [1.807, 2.05) is 12.1 Å². The molecule has 1 aromatic rings. The van der Waals surface area contributed by atoms with Gasteiger partial charge in [0.05, 0.1) is 0 Å². The minimum absolute atomic E-state index is 0.214. The molecule has 0 radical (unpaired) electrons. The van der Waals surface area contributed by atoms with Crippen LogP contribution in [0.4, 0.5) is 0 Å². The zero-order chi connectivity index (χ0) is 14.8. The summed E-state index contributed by atoms with van der Waals surface area (Å²) in [7, 11) is 0. The summed E-state index contributed by atoms with van der Waals surface area (Å²) in [6.45, 7) is 12.5. The van der Waals surface area contributed by atoms with Gasteiger partial charge in [-0.05, 0) is 43.9 Å². The van der Waals surface area contributed by atoms with Crippen LogP contribution in [-0.4, -0.2) is 36.1 Å². The summed E-state index contributed by atoms with van der Waals surface area (Å²) >= 11 is 5.94. The number of rotatable bonds is 4. The van der Waals surface area contributed by atoms with Gasteiger partial charge >= 0.3 is 0 Å². The minimum atomic E-state index is 0.214. The van der Waals surface area contributed by atoms with Crippen LogP contribution in [0.3, 0.4) is 0 Å². The normalized spacial score (nSPS) is 23.2. The zero-order valence-electron chi connectivity index (χ0n) is 13.1. The molecule has 1 atom stereocenters. The van der Waals surface area contributed by atoms with E-state index in [-0.39, 0.29) is 5.54 Å². The van der Waals surface area contributed by atoms with Gasteiger partial charge in [-0.1, -0.05) is 37.6 Å². The van der Waals surface area contributed by atoms with Crippen LogP contribution in [0.1, 0.15) is 33.3 Å². The highest BCUT2D eigenvalue weighted by atomic mass is 35.5. The second kappa shape index (κ2) is 6.46. The monoisotopic (exact) mass is 294 g/mol. The number of nitrogens with zero attached hydrogens (tertiary/aromatic N) is 1. The Morgan fingerprint density at radius 2 is 1.95 bits per heavy atom. The van der Waals surface area contributed by atoms with Crippen LogP contribution >= 0.6 is 11.6 Å². The smallest absolute Gasteiger partial charge is 0.0406 e. The van der Waals surface area contributed by atoms with Crippen molar-refractivity contribution in [2.75, 3.05) is 19.6 Å². The van der Waals surface area contributed by atoms with Crippen molar-refractivity contribution in [1.29, 1.82) is 0 Å².